The second-order valence-electron chi connectivity index (χ2n) is 3.99. The van der Waals surface area contributed by atoms with E-state index in [9.17, 15) is 0 Å². The van der Waals surface area contributed by atoms with E-state index >= 15 is 0 Å². The molecule has 0 aliphatic carbocycles. The van der Waals surface area contributed by atoms with Crippen molar-refractivity contribution < 1.29 is 0 Å². The van der Waals surface area contributed by atoms with Gasteiger partial charge >= 0.3 is 0 Å². The maximum atomic E-state index is 2.27. The third-order valence-electron chi connectivity index (χ3n) is 2.79. The van der Waals surface area contributed by atoms with Crippen molar-refractivity contribution in [2.75, 3.05) is 0 Å². The molecule has 0 aliphatic heterocycles. The van der Waals surface area contributed by atoms with Gasteiger partial charge in [0.25, 0.3) is 0 Å². The van der Waals surface area contributed by atoms with E-state index in [4.69, 9.17) is 0 Å². The first kappa shape index (κ1) is 11.6. The van der Waals surface area contributed by atoms with Crippen LogP contribution in [0.2, 0.25) is 0 Å². The fourth-order valence-corrected chi connectivity index (χ4v) is 5.27. The molecule has 0 nitrogen and oxygen atoms in total. The number of thiophene rings is 1. The first-order valence-electron chi connectivity index (χ1n) is 5.87. The van der Waals surface area contributed by atoms with E-state index in [1.807, 2.05) is 0 Å². The molecule has 18 heavy (non-hydrogen) atoms. The van der Waals surface area contributed by atoms with Crippen molar-refractivity contribution in [3.05, 3.63) is 77.5 Å². The fraction of sp³-hybridized carbons (Fsp3) is 0. The molecular weight excluding hydrogens is 255 g/mol. The molecule has 0 N–H and O–H groups in total. The molecule has 3 rings (SSSR count). The summed E-state index contributed by atoms with van der Waals surface area (Å²) in [6.45, 7) is 0. The molecule has 0 atom stereocenters. The van der Waals surface area contributed by atoms with Gasteiger partial charge in [-0.15, -0.1) is 0 Å². The van der Waals surface area contributed by atoms with Gasteiger partial charge in [-0.25, -0.2) is 0 Å². The quantitative estimate of drug-likeness (QED) is 0.638. The third-order valence-corrected chi connectivity index (χ3v) is 6.07. The van der Waals surface area contributed by atoms with E-state index in [1.54, 1.807) is 11.3 Å². The number of hydrogen-bond donors (Lipinski definition) is 0. The molecule has 0 spiro atoms. The topological polar surface area (TPSA) is 0 Å². The molecule has 0 radical (unpaired) electrons. The molecule has 0 bridgehead atoms. The third kappa shape index (κ3) is 2.38. The van der Waals surface area contributed by atoms with Crippen molar-refractivity contribution in [2.24, 2.45) is 0 Å². The lowest BCUT2D eigenvalue weighted by Gasteiger charge is -2.17. The predicted octanol–water partition coefficient (Wildman–Crippen LogP) is 3.51. The van der Waals surface area contributed by atoms with Gasteiger partial charge in [-0.2, -0.15) is 11.3 Å². The first-order chi connectivity index (χ1) is 8.95. The van der Waals surface area contributed by atoms with Gasteiger partial charge in [-0.05, 0) is 40.7 Å². The zero-order valence-corrected chi connectivity index (χ0v) is 11.6. The Kier molecular flexibility index (Phi) is 3.54. The first-order valence-corrected chi connectivity index (χ1v) is 8.16. The molecule has 0 saturated carbocycles. The standard InChI is InChI=1S/C16H13PS/c1-3-7-14(8-4-1)17(16-11-12-18-13-16)15-9-5-2-6-10-15/h1-13H. The van der Waals surface area contributed by atoms with Crippen LogP contribution in [0.4, 0.5) is 0 Å². The van der Waals surface area contributed by atoms with E-state index in [0.717, 1.165) is 0 Å². The highest BCUT2D eigenvalue weighted by Crippen LogP contribution is 2.33. The lowest BCUT2D eigenvalue weighted by atomic mass is 10.4. The summed E-state index contributed by atoms with van der Waals surface area (Å²) in [7, 11) is -0.399. The maximum Gasteiger partial charge on any atom is -0.000964 e. The van der Waals surface area contributed by atoms with E-state index in [0.29, 0.717) is 0 Å². The minimum atomic E-state index is -0.399. The van der Waals surface area contributed by atoms with Crippen LogP contribution < -0.4 is 15.9 Å². The van der Waals surface area contributed by atoms with Crippen LogP contribution >= 0.6 is 19.3 Å². The summed E-state index contributed by atoms with van der Waals surface area (Å²) in [5.41, 5.74) is 0. The SMILES string of the molecule is c1ccc(P(c2ccccc2)c2ccsc2)cc1. The van der Waals surface area contributed by atoms with Crippen LogP contribution in [0.1, 0.15) is 0 Å². The molecule has 0 aliphatic rings. The molecule has 1 aromatic heterocycles. The Bertz CT molecular complexity index is 548. The van der Waals surface area contributed by atoms with Crippen LogP contribution in [0.5, 0.6) is 0 Å². The van der Waals surface area contributed by atoms with Crippen LogP contribution in [-0.2, 0) is 0 Å². The summed E-state index contributed by atoms with van der Waals surface area (Å²) in [5, 5.41) is 8.70. The Morgan fingerprint density at radius 1 is 0.611 bits per heavy atom. The van der Waals surface area contributed by atoms with Gasteiger partial charge in [0.05, 0.1) is 0 Å². The van der Waals surface area contributed by atoms with E-state index in [1.165, 1.54) is 15.9 Å². The predicted molar refractivity (Wildman–Crippen MR) is 83.0 cm³/mol. The zero-order valence-electron chi connectivity index (χ0n) is 9.86. The van der Waals surface area contributed by atoms with E-state index in [-0.39, 0.29) is 0 Å². The van der Waals surface area contributed by atoms with Crippen LogP contribution in [0, 0.1) is 0 Å². The minimum absolute atomic E-state index is 0.399. The van der Waals surface area contributed by atoms with Gasteiger partial charge in [0.2, 0.25) is 0 Å². The Balaban J connectivity index is 2.11. The molecule has 1 heterocycles. The zero-order chi connectivity index (χ0) is 12.2. The van der Waals surface area contributed by atoms with Crippen LogP contribution in [0.3, 0.4) is 0 Å². The highest BCUT2D eigenvalue weighted by Gasteiger charge is 2.15. The summed E-state index contributed by atoms with van der Waals surface area (Å²) >= 11 is 1.77. The van der Waals surface area contributed by atoms with Crippen molar-refractivity contribution in [3.63, 3.8) is 0 Å². The largest absolute Gasteiger partial charge is 0.152 e. The van der Waals surface area contributed by atoms with Gasteiger partial charge in [0.1, 0.15) is 0 Å². The molecule has 2 aromatic carbocycles. The van der Waals surface area contributed by atoms with Gasteiger partial charge < -0.3 is 0 Å². The summed E-state index contributed by atoms with van der Waals surface area (Å²) in [6, 6.07) is 23.8. The Morgan fingerprint density at radius 3 is 1.61 bits per heavy atom. The van der Waals surface area contributed by atoms with Crippen LogP contribution in [0.15, 0.2) is 77.5 Å². The second kappa shape index (κ2) is 5.48. The lowest BCUT2D eigenvalue weighted by Crippen LogP contribution is -2.19. The smallest absolute Gasteiger partial charge is 0.000964 e. The molecule has 2 heteroatoms. The average Bonchev–Trinajstić information content (AvgIpc) is 2.95. The highest BCUT2D eigenvalue weighted by atomic mass is 32.1. The summed E-state index contributed by atoms with van der Waals surface area (Å²) in [4.78, 5) is 0. The van der Waals surface area contributed by atoms with E-state index < -0.39 is 7.92 Å². The minimum Gasteiger partial charge on any atom is -0.152 e. The van der Waals surface area contributed by atoms with Gasteiger partial charge in [0, 0.05) is 0 Å². The van der Waals surface area contributed by atoms with Crippen molar-refractivity contribution in [1.82, 2.24) is 0 Å². The molecular formula is C16H13PS. The van der Waals surface area contributed by atoms with Crippen LogP contribution in [0.25, 0.3) is 0 Å². The normalized spacial score (nSPS) is 10.7. The van der Waals surface area contributed by atoms with Crippen molar-refractivity contribution in [3.8, 4) is 0 Å². The van der Waals surface area contributed by atoms with Gasteiger partial charge in [-0.1, -0.05) is 60.7 Å². The maximum absolute atomic E-state index is 2.27. The number of rotatable bonds is 3. The monoisotopic (exact) mass is 268 g/mol. The Morgan fingerprint density at radius 2 is 1.17 bits per heavy atom. The van der Waals surface area contributed by atoms with Crippen molar-refractivity contribution >= 4 is 35.2 Å². The summed E-state index contributed by atoms with van der Waals surface area (Å²) in [6.07, 6.45) is 0. The molecule has 3 aromatic rings. The van der Waals surface area contributed by atoms with Gasteiger partial charge in [0.15, 0.2) is 0 Å². The van der Waals surface area contributed by atoms with E-state index in [2.05, 4.69) is 77.5 Å². The van der Waals surface area contributed by atoms with Crippen molar-refractivity contribution in [1.29, 1.82) is 0 Å². The summed E-state index contributed by atoms with van der Waals surface area (Å²) in [5.74, 6) is 0. The highest BCUT2D eigenvalue weighted by molar-refractivity contribution is 7.80. The number of benzene rings is 2. The van der Waals surface area contributed by atoms with Crippen LogP contribution in [-0.4, -0.2) is 0 Å². The molecule has 0 amide bonds. The lowest BCUT2D eigenvalue weighted by molar-refractivity contribution is 1.75. The second-order valence-corrected chi connectivity index (χ2v) is 6.99. The molecule has 0 saturated heterocycles. The number of hydrogen-bond acceptors (Lipinski definition) is 1. The molecule has 0 unspecified atom stereocenters. The Hall–Kier alpha value is -1.43. The van der Waals surface area contributed by atoms with Gasteiger partial charge in [-0.3, -0.25) is 0 Å². The fourth-order valence-electron chi connectivity index (χ4n) is 1.99. The Labute approximate surface area is 113 Å². The molecule has 88 valence electrons. The van der Waals surface area contributed by atoms with Crippen molar-refractivity contribution in [2.45, 2.75) is 0 Å². The average molecular weight is 268 g/mol. The molecule has 0 fully saturated rings. The summed E-state index contributed by atoms with van der Waals surface area (Å²) < 4.78 is 0.